The Morgan fingerprint density at radius 1 is 1.21 bits per heavy atom. The van der Waals surface area contributed by atoms with Gasteiger partial charge in [-0.3, -0.25) is 9.59 Å². The molecule has 146 valence electrons. The zero-order chi connectivity index (χ0) is 20.3. The third-order valence-corrected chi connectivity index (χ3v) is 5.03. The van der Waals surface area contributed by atoms with Crippen molar-refractivity contribution in [1.82, 2.24) is 4.90 Å². The lowest BCUT2D eigenvalue weighted by molar-refractivity contribution is -0.130. The molecule has 6 heteroatoms. The minimum Gasteiger partial charge on any atom is -0.490 e. The summed E-state index contributed by atoms with van der Waals surface area (Å²) in [6.45, 7) is 2.25. The van der Waals surface area contributed by atoms with Gasteiger partial charge in [-0.05, 0) is 52.2 Å². The number of nitrogens with zero attached hydrogens (tertiary/aromatic N) is 1. The normalized spacial score (nSPS) is 14.1. The van der Waals surface area contributed by atoms with E-state index in [1.165, 1.54) is 4.90 Å². The maximum absolute atomic E-state index is 12.6. The van der Waals surface area contributed by atoms with E-state index in [4.69, 9.17) is 9.47 Å². The molecule has 1 aliphatic rings. The highest BCUT2D eigenvalue weighted by atomic mass is 79.9. The van der Waals surface area contributed by atoms with Gasteiger partial charge >= 0.3 is 0 Å². The summed E-state index contributed by atoms with van der Waals surface area (Å²) in [6, 6.07) is 11.4. The van der Waals surface area contributed by atoms with Crippen LogP contribution in [0.4, 0.5) is 0 Å². The van der Waals surface area contributed by atoms with Gasteiger partial charge in [0.25, 0.3) is 5.91 Å². The summed E-state index contributed by atoms with van der Waals surface area (Å²) in [5, 5.41) is 0. The number of benzene rings is 2. The molecular weight excluding hydrogens is 422 g/mol. The van der Waals surface area contributed by atoms with Gasteiger partial charge in [-0.2, -0.15) is 0 Å². The summed E-state index contributed by atoms with van der Waals surface area (Å²) < 4.78 is 12.1. The van der Waals surface area contributed by atoms with Gasteiger partial charge in [0.2, 0.25) is 0 Å². The Morgan fingerprint density at radius 3 is 2.64 bits per heavy atom. The molecule has 0 bridgehead atoms. The van der Waals surface area contributed by atoms with Gasteiger partial charge in [0, 0.05) is 31.7 Å². The van der Waals surface area contributed by atoms with E-state index in [1.54, 1.807) is 14.1 Å². The minimum absolute atomic E-state index is 0.0570. The van der Waals surface area contributed by atoms with Crippen molar-refractivity contribution in [3.8, 4) is 11.5 Å². The molecule has 0 unspecified atom stereocenters. The van der Waals surface area contributed by atoms with Crippen molar-refractivity contribution in [3.05, 3.63) is 63.1 Å². The molecule has 2 aromatic carbocycles. The Kier molecular flexibility index (Phi) is 6.19. The molecule has 0 radical (unpaired) electrons. The standard InChI is InChI=1S/C22H22BrNO4/c1-4-27-19-11-14(10-18(23)22(19)28-13-20(25)24(2)3)9-16-12-15-7-5-6-8-17(15)21(16)26/h5-11H,4,12-13H2,1-3H3/b16-9+. The molecule has 0 N–H and O–H groups in total. The summed E-state index contributed by atoms with van der Waals surface area (Å²) in [4.78, 5) is 25.9. The van der Waals surface area contributed by atoms with E-state index in [1.807, 2.05) is 49.4 Å². The Labute approximate surface area is 173 Å². The molecule has 0 heterocycles. The molecule has 0 aliphatic heterocycles. The van der Waals surface area contributed by atoms with E-state index in [0.717, 1.165) is 22.3 Å². The van der Waals surface area contributed by atoms with E-state index in [9.17, 15) is 9.59 Å². The monoisotopic (exact) mass is 443 g/mol. The molecule has 0 aromatic heterocycles. The Balaban J connectivity index is 1.89. The molecular formula is C22H22BrNO4. The van der Waals surface area contributed by atoms with Gasteiger partial charge in [-0.25, -0.2) is 0 Å². The fourth-order valence-corrected chi connectivity index (χ4v) is 3.58. The maximum Gasteiger partial charge on any atom is 0.259 e. The zero-order valence-corrected chi connectivity index (χ0v) is 17.7. The first-order valence-electron chi connectivity index (χ1n) is 9.03. The summed E-state index contributed by atoms with van der Waals surface area (Å²) in [5.41, 5.74) is 3.38. The summed E-state index contributed by atoms with van der Waals surface area (Å²) in [5.74, 6) is 0.912. The molecule has 28 heavy (non-hydrogen) atoms. The first-order valence-corrected chi connectivity index (χ1v) is 9.82. The van der Waals surface area contributed by atoms with Gasteiger partial charge in [0.05, 0.1) is 11.1 Å². The summed E-state index contributed by atoms with van der Waals surface area (Å²) in [7, 11) is 3.35. The number of likely N-dealkylation sites (N-methyl/N-ethyl adjacent to an activating group) is 1. The molecule has 0 spiro atoms. The van der Waals surface area contributed by atoms with Gasteiger partial charge < -0.3 is 14.4 Å². The van der Waals surface area contributed by atoms with Crippen LogP contribution in [0, 0.1) is 0 Å². The van der Waals surface area contributed by atoms with E-state index in [-0.39, 0.29) is 18.3 Å². The van der Waals surface area contributed by atoms with Crippen LogP contribution in [0.25, 0.3) is 6.08 Å². The number of rotatable bonds is 6. The lowest BCUT2D eigenvalue weighted by Crippen LogP contribution is -2.27. The first kappa shape index (κ1) is 20.1. The quantitative estimate of drug-likeness (QED) is 0.629. The Morgan fingerprint density at radius 2 is 1.96 bits per heavy atom. The molecule has 2 aromatic rings. The molecule has 5 nitrogen and oxygen atoms in total. The van der Waals surface area contributed by atoms with E-state index in [0.29, 0.717) is 29.0 Å². The molecule has 0 atom stereocenters. The van der Waals surface area contributed by atoms with Crippen LogP contribution in [0.5, 0.6) is 11.5 Å². The molecule has 0 saturated heterocycles. The average molecular weight is 444 g/mol. The molecule has 1 amide bonds. The number of allylic oxidation sites excluding steroid dienone is 1. The second kappa shape index (κ2) is 8.61. The molecule has 1 aliphatic carbocycles. The highest BCUT2D eigenvalue weighted by molar-refractivity contribution is 9.10. The highest BCUT2D eigenvalue weighted by Crippen LogP contribution is 2.38. The Hall–Kier alpha value is -2.60. The van der Waals surface area contributed by atoms with Gasteiger partial charge in [0.15, 0.2) is 23.9 Å². The zero-order valence-electron chi connectivity index (χ0n) is 16.1. The number of hydrogen-bond acceptors (Lipinski definition) is 4. The fourth-order valence-electron chi connectivity index (χ4n) is 3.01. The van der Waals surface area contributed by atoms with Crippen LogP contribution in [-0.2, 0) is 11.2 Å². The number of amides is 1. The third kappa shape index (κ3) is 4.28. The Bertz CT molecular complexity index is 950. The van der Waals surface area contributed by atoms with Crippen molar-refractivity contribution in [2.24, 2.45) is 0 Å². The van der Waals surface area contributed by atoms with Gasteiger partial charge in [-0.1, -0.05) is 24.3 Å². The van der Waals surface area contributed by atoms with Crippen LogP contribution in [0.2, 0.25) is 0 Å². The third-order valence-electron chi connectivity index (χ3n) is 4.45. The number of hydrogen-bond donors (Lipinski definition) is 0. The highest BCUT2D eigenvalue weighted by Gasteiger charge is 2.24. The van der Waals surface area contributed by atoms with Crippen LogP contribution in [-0.4, -0.2) is 43.9 Å². The van der Waals surface area contributed by atoms with E-state index >= 15 is 0 Å². The number of ether oxygens (including phenoxy) is 2. The van der Waals surface area contributed by atoms with Crippen molar-refractivity contribution in [3.63, 3.8) is 0 Å². The molecule has 3 rings (SSSR count). The van der Waals surface area contributed by atoms with Crippen molar-refractivity contribution in [2.75, 3.05) is 27.3 Å². The predicted molar refractivity (Wildman–Crippen MR) is 112 cm³/mol. The second-order valence-electron chi connectivity index (χ2n) is 6.67. The smallest absolute Gasteiger partial charge is 0.259 e. The maximum atomic E-state index is 12.6. The first-order chi connectivity index (χ1) is 13.4. The van der Waals surface area contributed by atoms with Crippen molar-refractivity contribution >= 4 is 33.7 Å². The fraction of sp³-hybridized carbons (Fsp3) is 0.273. The van der Waals surface area contributed by atoms with Crippen molar-refractivity contribution in [2.45, 2.75) is 13.3 Å². The van der Waals surface area contributed by atoms with Crippen molar-refractivity contribution < 1.29 is 19.1 Å². The predicted octanol–water partition coefficient (Wildman–Crippen LogP) is 4.14. The summed E-state index contributed by atoms with van der Waals surface area (Å²) >= 11 is 3.50. The number of fused-ring (bicyclic) bond motifs is 1. The van der Waals surface area contributed by atoms with E-state index < -0.39 is 0 Å². The summed E-state index contributed by atoms with van der Waals surface area (Å²) in [6.07, 6.45) is 2.50. The lowest BCUT2D eigenvalue weighted by Gasteiger charge is -2.16. The molecule has 0 fully saturated rings. The lowest BCUT2D eigenvalue weighted by atomic mass is 10.1. The van der Waals surface area contributed by atoms with Crippen LogP contribution >= 0.6 is 15.9 Å². The number of Topliss-reactive ketones (excluding diaryl/α,β-unsaturated/α-hetero) is 1. The van der Waals surface area contributed by atoms with Gasteiger partial charge in [-0.15, -0.1) is 0 Å². The largest absolute Gasteiger partial charge is 0.490 e. The number of ketones is 1. The average Bonchev–Trinajstić information content (AvgIpc) is 2.97. The van der Waals surface area contributed by atoms with Crippen molar-refractivity contribution in [1.29, 1.82) is 0 Å². The number of carbonyl (C=O) groups is 2. The number of halogens is 1. The van der Waals surface area contributed by atoms with E-state index in [2.05, 4.69) is 15.9 Å². The van der Waals surface area contributed by atoms with Crippen LogP contribution < -0.4 is 9.47 Å². The SMILES string of the molecule is CCOc1cc(/C=C2\Cc3ccccc3C2=O)cc(Br)c1OCC(=O)N(C)C. The topological polar surface area (TPSA) is 55.8 Å². The second-order valence-corrected chi connectivity index (χ2v) is 7.53. The van der Waals surface area contributed by atoms with Crippen LogP contribution in [0.1, 0.15) is 28.4 Å². The number of carbonyl (C=O) groups excluding carboxylic acids is 2. The van der Waals surface area contributed by atoms with Gasteiger partial charge in [0.1, 0.15) is 0 Å². The van der Waals surface area contributed by atoms with Crippen LogP contribution in [0.15, 0.2) is 46.4 Å². The minimum atomic E-state index is -0.144. The van der Waals surface area contributed by atoms with Crippen LogP contribution in [0.3, 0.4) is 0 Å². The molecule has 0 saturated carbocycles.